The molecule has 10 heteroatoms. The molecule has 0 unspecified atom stereocenters. The number of hydrogen-bond acceptors (Lipinski definition) is 6. The minimum Gasteiger partial charge on any atom is -0.500 e. The van der Waals surface area contributed by atoms with E-state index in [0.717, 1.165) is 24.3 Å². The standard InChI is InChI=1S/C17H11F2N3O5/c1-27-15-6-9(5-14(16(15)23)22(25)26)4-10(8-20)17(24)21-13-3-2-11(18)7-12(13)19/h2-7,23H,1H3,(H,21,24)/b10-4+. The van der Waals surface area contributed by atoms with Crippen molar-refractivity contribution in [3.05, 3.63) is 63.2 Å². The Morgan fingerprint density at radius 2 is 2.07 bits per heavy atom. The second-order valence-corrected chi connectivity index (χ2v) is 5.10. The van der Waals surface area contributed by atoms with E-state index in [2.05, 4.69) is 5.32 Å². The monoisotopic (exact) mass is 375 g/mol. The Labute approximate surface area is 151 Å². The fourth-order valence-electron chi connectivity index (χ4n) is 2.09. The molecule has 0 saturated heterocycles. The molecule has 138 valence electrons. The van der Waals surface area contributed by atoms with Gasteiger partial charge in [-0.25, -0.2) is 8.78 Å². The molecule has 8 nitrogen and oxygen atoms in total. The lowest BCUT2D eigenvalue weighted by Gasteiger charge is -2.07. The Morgan fingerprint density at radius 1 is 1.37 bits per heavy atom. The number of nitriles is 1. The number of nitrogens with zero attached hydrogens (tertiary/aromatic N) is 2. The molecule has 0 radical (unpaired) electrons. The molecular weight excluding hydrogens is 364 g/mol. The highest BCUT2D eigenvalue weighted by atomic mass is 19.1. The number of phenolic OH excluding ortho intramolecular Hbond substituents is 1. The zero-order valence-corrected chi connectivity index (χ0v) is 13.7. The van der Waals surface area contributed by atoms with Crippen molar-refractivity contribution in [3.63, 3.8) is 0 Å². The maximum Gasteiger partial charge on any atom is 0.315 e. The number of nitro benzene ring substituents is 1. The van der Waals surface area contributed by atoms with Gasteiger partial charge in [-0.3, -0.25) is 14.9 Å². The van der Waals surface area contributed by atoms with Gasteiger partial charge in [0.15, 0.2) is 5.75 Å². The van der Waals surface area contributed by atoms with Crippen LogP contribution >= 0.6 is 0 Å². The topological polar surface area (TPSA) is 125 Å². The van der Waals surface area contributed by atoms with Crippen molar-refractivity contribution in [2.75, 3.05) is 12.4 Å². The van der Waals surface area contributed by atoms with E-state index < -0.39 is 39.5 Å². The van der Waals surface area contributed by atoms with Gasteiger partial charge in [-0.1, -0.05) is 0 Å². The molecule has 0 aliphatic rings. The Hall–Kier alpha value is -4.00. The molecule has 0 atom stereocenters. The highest BCUT2D eigenvalue weighted by Crippen LogP contribution is 2.37. The van der Waals surface area contributed by atoms with Gasteiger partial charge in [0.25, 0.3) is 5.91 Å². The molecule has 2 N–H and O–H groups in total. The number of rotatable bonds is 5. The molecule has 2 aromatic carbocycles. The summed E-state index contributed by atoms with van der Waals surface area (Å²) in [5.41, 5.74) is -1.54. The SMILES string of the molecule is COc1cc(/C=C(\C#N)C(=O)Nc2ccc(F)cc2F)cc([N+](=O)[O-])c1O. The molecule has 0 aromatic heterocycles. The number of halogens is 2. The Balaban J connectivity index is 2.40. The van der Waals surface area contributed by atoms with E-state index in [1.807, 2.05) is 0 Å². The van der Waals surface area contributed by atoms with Gasteiger partial charge in [-0.2, -0.15) is 5.26 Å². The summed E-state index contributed by atoms with van der Waals surface area (Å²) in [5.74, 6) is -3.85. The van der Waals surface area contributed by atoms with Gasteiger partial charge >= 0.3 is 5.69 Å². The summed E-state index contributed by atoms with van der Waals surface area (Å²) in [6, 6.07) is 6.14. The number of benzene rings is 2. The van der Waals surface area contributed by atoms with E-state index in [1.54, 1.807) is 6.07 Å². The van der Waals surface area contributed by atoms with Gasteiger partial charge in [0.1, 0.15) is 23.3 Å². The smallest absolute Gasteiger partial charge is 0.315 e. The molecule has 0 aliphatic heterocycles. The lowest BCUT2D eigenvalue weighted by molar-refractivity contribution is -0.386. The predicted molar refractivity (Wildman–Crippen MR) is 89.9 cm³/mol. The molecule has 0 heterocycles. The molecular formula is C17H11F2N3O5. The summed E-state index contributed by atoms with van der Waals surface area (Å²) < 4.78 is 31.3. The molecule has 2 aromatic rings. The van der Waals surface area contributed by atoms with Gasteiger partial charge in [0.05, 0.1) is 17.7 Å². The third kappa shape index (κ3) is 4.35. The van der Waals surface area contributed by atoms with Crippen LogP contribution in [0.1, 0.15) is 5.56 Å². The van der Waals surface area contributed by atoms with E-state index in [4.69, 9.17) is 10.00 Å². The average Bonchev–Trinajstić information content (AvgIpc) is 2.62. The second kappa shape index (κ2) is 7.92. The van der Waals surface area contributed by atoms with E-state index in [1.165, 1.54) is 13.2 Å². The molecule has 0 bridgehead atoms. The summed E-state index contributed by atoms with van der Waals surface area (Å²) in [7, 11) is 1.17. The predicted octanol–water partition coefficient (Wildman–Crippen LogP) is 3.13. The first-order valence-corrected chi connectivity index (χ1v) is 7.20. The van der Waals surface area contributed by atoms with Crippen LogP contribution in [0.3, 0.4) is 0 Å². The van der Waals surface area contributed by atoms with Crippen molar-refractivity contribution in [3.8, 4) is 17.6 Å². The maximum atomic E-state index is 13.6. The number of nitrogens with one attached hydrogen (secondary N) is 1. The van der Waals surface area contributed by atoms with Gasteiger partial charge in [-0.15, -0.1) is 0 Å². The Bertz CT molecular complexity index is 999. The third-order valence-corrected chi connectivity index (χ3v) is 3.35. The molecule has 0 fully saturated rings. The van der Waals surface area contributed by atoms with Gasteiger partial charge in [-0.05, 0) is 29.8 Å². The van der Waals surface area contributed by atoms with Crippen LogP contribution < -0.4 is 10.1 Å². The van der Waals surface area contributed by atoms with Crippen molar-refractivity contribution in [1.82, 2.24) is 0 Å². The van der Waals surface area contributed by atoms with Crippen LogP contribution in [0.4, 0.5) is 20.2 Å². The average molecular weight is 375 g/mol. The van der Waals surface area contributed by atoms with Crippen LogP contribution in [0, 0.1) is 33.1 Å². The van der Waals surface area contributed by atoms with Crippen LogP contribution in [0.5, 0.6) is 11.5 Å². The zero-order chi connectivity index (χ0) is 20.1. The number of carbonyl (C=O) groups excluding carboxylic acids is 1. The van der Waals surface area contributed by atoms with E-state index in [0.29, 0.717) is 6.07 Å². The number of methoxy groups -OCH3 is 1. The first-order valence-electron chi connectivity index (χ1n) is 7.20. The number of hydrogen-bond donors (Lipinski definition) is 2. The summed E-state index contributed by atoms with van der Waals surface area (Å²) in [4.78, 5) is 22.3. The van der Waals surface area contributed by atoms with Crippen molar-refractivity contribution < 1.29 is 28.3 Å². The van der Waals surface area contributed by atoms with Gasteiger partial charge in [0, 0.05) is 12.1 Å². The number of anilines is 1. The number of phenols is 1. The number of nitro groups is 1. The lowest BCUT2D eigenvalue weighted by atomic mass is 10.1. The highest BCUT2D eigenvalue weighted by Gasteiger charge is 2.20. The summed E-state index contributed by atoms with van der Waals surface area (Å²) in [6.07, 6.45) is 0.992. The molecule has 2 rings (SSSR count). The van der Waals surface area contributed by atoms with Crippen LogP contribution in [-0.4, -0.2) is 23.0 Å². The largest absolute Gasteiger partial charge is 0.500 e. The number of carbonyl (C=O) groups is 1. The van der Waals surface area contributed by atoms with Crippen LogP contribution in [0.2, 0.25) is 0 Å². The first kappa shape index (κ1) is 19.3. The van der Waals surface area contributed by atoms with Crippen LogP contribution in [-0.2, 0) is 4.79 Å². The molecule has 27 heavy (non-hydrogen) atoms. The number of ether oxygens (including phenoxy) is 1. The third-order valence-electron chi connectivity index (χ3n) is 3.35. The Kier molecular flexibility index (Phi) is 5.67. The normalized spacial score (nSPS) is 10.8. The number of aromatic hydroxyl groups is 1. The zero-order valence-electron chi connectivity index (χ0n) is 13.7. The van der Waals surface area contributed by atoms with E-state index >= 15 is 0 Å². The first-order chi connectivity index (χ1) is 12.8. The summed E-state index contributed by atoms with van der Waals surface area (Å²) in [6.45, 7) is 0. The molecule has 1 amide bonds. The fraction of sp³-hybridized carbons (Fsp3) is 0.0588. The van der Waals surface area contributed by atoms with Crippen LogP contribution in [0.15, 0.2) is 35.9 Å². The maximum absolute atomic E-state index is 13.6. The second-order valence-electron chi connectivity index (χ2n) is 5.10. The lowest BCUT2D eigenvalue weighted by Crippen LogP contribution is -2.14. The van der Waals surface area contributed by atoms with Crippen molar-refractivity contribution in [2.45, 2.75) is 0 Å². The van der Waals surface area contributed by atoms with Gasteiger partial charge in [0.2, 0.25) is 5.75 Å². The highest BCUT2D eigenvalue weighted by molar-refractivity contribution is 6.09. The van der Waals surface area contributed by atoms with Crippen LogP contribution in [0.25, 0.3) is 6.08 Å². The molecule has 0 aliphatic carbocycles. The van der Waals surface area contributed by atoms with Gasteiger partial charge < -0.3 is 15.2 Å². The van der Waals surface area contributed by atoms with E-state index in [-0.39, 0.29) is 17.0 Å². The van der Waals surface area contributed by atoms with Crippen molar-refractivity contribution in [2.24, 2.45) is 0 Å². The van der Waals surface area contributed by atoms with E-state index in [9.17, 15) is 28.8 Å². The quantitative estimate of drug-likeness (QED) is 0.358. The minimum absolute atomic E-state index is 0.0163. The Morgan fingerprint density at radius 3 is 2.63 bits per heavy atom. The molecule has 0 saturated carbocycles. The van der Waals surface area contributed by atoms with Crippen molar-refractivity contribution in [1.29, 1.82) is 5.26 Å². The minimum atomic E-state index is -1.04. The molecule has 0 spiro atoms. The summed E-state index contributed by atoms with van der Waals surface area (Å²) >= 11 is 0. The fourth-order valence-corrected chi connectivity index (χ4v) is 2.09. The summed E-state index contributed by atoms with van der Waals surface area (Å²) in [5, 5.41) is 32.0. The van der Waals surface area contributed by atoms with Crippen molar-refractivity contribution >= 4 is 23.4 Å². The number of amides is 1.